The Kier molecular flexibility index (Phi) is 3.98. The first-order chi connectivity index (χ1) is 10.2. The molecule has 4 nitrogen and oxygen atoms in total. The van der Waals surface area contributed by atoms with Crippen molar-refractivity contribution < 1.29 is 14.6 Å². The Bertz CT molecular complexity index is 750. The molecule has 0 fully saturated rings. The lowest BCUT2D eigenvalue weighted by Crippen LogP contribution is -1.99. The maximum atomic E-state index is 10.9. The Balaban J connectivity index is 1.68. The van der Waals surface area contributed by atoms with Gasteiger partial charge in [0.15, 0.2) is 0 Å². The molecule has 0 unspecified atom stereocenters. The lowest BCUT2D eigenvalue weighted by Gasteiger charge is -2.04. The first-order valence-electron chi connectivity index (χ1n) is 6.15. The van der Waals surface area contributed by atoms with Gasteiger partial charge >= 0.3 is 5.97 Å². The molecule has 1 aromatic carbocycles. The SMILES string of the molecule is O=C(O)c1cccc(OCc2csc(-c3ccsc3)n2)c1. The zero-order valence-electron chi connectivity index (χ0n) is 10.9. The predicted octanol–water partition coefficient (Wildman–Crippen LogP) is 4.15. The van der Waals surface area contributed by atoms with E-state index in [-0.39, 0.29) is 5.56 Å². The second kappa shape index (κ2) is 6.07. The molecule has 6 heteroatoms. The average molecular weight is 317 g/mol. The van der Waals surface area contributed by atoms with Gasteiger partial charge in [0, 0.05) is 16.3 Å². The van der Waals surface area contributed by atoms with Crippen LogP contribution in [-0.4, -0.2) is 16.1 Å². The Morgan fingerprint density at radius 2 is 2.19 bits per heavy atom. The molecule has 0 atom stereocenters. The molecule has 0 aliphatic carbocycles. The standard InChI is InChI=1S/C15H11NO3S2/c17-15(18)10-2-1-3-13(6-10)19-7-12-9-21-14(16-12)11-4-5-20-8-11/h1-6,8-9H,7H2,(H,17,18). The van der Waals surface area contributed by atoms with Crippen molar-refractivity contribution in [3.8, 4) is 16.3 Å². The number of carboxylic acid groups (broad SMARTS) is 1. The van der Waals surface area contributed by atoms with E-state index in [0.29, 0.717) is 12.4 Å². The number of carboxylic acids is 1. The van der Waals surface area contributed by atoms with Crippen molar-refractivity contribution in [2.45, 2.75) is 6.61 Å². The van der Waals surface area contributed by atoms with Crippen LogP contribution in [-0.2, 0) is 6.61 Å². The van der Waals surface area contributed by atoms with Gasteiger partial charge < -0.3 is 9.84 Å². The van der Waals surface area contributed by atoms with Crippen molar-refractivity contribution in [1.29, 1.82) is 0 Å². The summed E-state index contributed by atoms with van der Waals surface area (Å²) in [4.78, 5) is 15.4. The van der Waals surface area contributed by atoms with E-state index < -0.39 is 5.97 Å². The number of thiophene rings is 1. The second-order valence-electron chi connectivity index (χ2n) is 4.28. The Hall–Kier alpha value is -2.18. The van der Waals surface area contributed by atoms with Crippen LogP contribution in [0.4, 0.5) is 0 Å². The summed E-state index contributed by atoms with van der Waals surface area (Å²) < 4.78 is 5.60. The lowest BCUT2D eigenvalue weighted by atomic mass is 10.2. The van der Waals surface area contributed by atoms with E-state index in [1.54, 1.807) is 34.8 Å². The quantitative estimate of drug-likeness (QED) is 0.768. The second-order valence-corrected chi connectivity index (χ2v) is 5.92. The summed E-state index contributed by atoms with van der Waals surface area (Å²) in [5, 5.41) is 15.9. The van der Waals surface area contributed by atoms with Crippen molar-refractivity contribution in [2.75, 3.05) is 0 Å². The fourth-order valence-electron chi connectivity index (χ4n) is 1.77. The van der Waals surface area contributed by atoms with Crippen LogP contribution in [0.5, 0.6) is 5.75 Å². The molecule has 1 N–H and O–H groups in total. The number of thiazole rings is 1. The third kappa shape index (κ3) is 3.29. The zero-order valence-corrected chi connectivity index (χ0v) is 12.5. The summed E-state index contributed by atoms with van der Waals surface area (Å²) in [5.74, 6) is -0.436. The van der Waals surface area contributed by atoms with Gasteiger partial charge in [-0.05, 0) is 29.6 Å². The van der Waals surface area contributed by atoms with Gasteiger partial charge in [0.2, 0.25) is 0 Å². The Morgan fingerprint density at radius 3 is 2.95 bits per heavy atom. The Morgan fingerprint density at radius 1 is 1.29 bits per heavy atom. The summed E-state index contributed by atoms with van der Waals surface area (Å²) in [6.45, 7) is 0.323. The molecule has 0 bridgehead atoms. The molecule has 0 saturated heterocycles. The molecule has 0 aliphatic rings. The molecule has 3 aromatic rings. The minimum atomic E-state index is -0.964. The monoisotopic (exact) mass is 317 g/mol. The van der Waals surface area contributed by atoms with Gasteiger partial charge in [-0.1, -0.05) is 6.07 Å². The highest BCUT2D eigenvalue weighted by Gasteiger charge is 2.07. The molecule has 2 aromatic heterocycles. The minimum Gasteiger partial charge on any atom is -0.487 e. The third-order valence-electron chi connectivity index (χ3n) is 2.79. The predicted molar refractivity (Wildman–Crippen MR) is 83.2 cm³/mol. The maximum absolute atomic E-state index is 10.9. The average Bonchev–Trinajstić information content (AvgIpc) is 3.16. The fraction of sp³-hybridized carbons (Fsp3) is 0.0667. The fourth-order valence-corrected chi connectivity index (χ4v) is 3.28. The van der Waals surface area contributed by atoms with Gasteiger partial charge in [-0.15, -0.1) is 11.3 Å². The third-order valence-corrected chi connectivity index (χ3v) is 4.41. The van der Waals surface area contributed by atoms with Gasteiger partial charge in [-0.3, -0.25) is 0 Å². The summed E-state index contributed by atoms with van der Waals surface area (Å²) in [7, 11) is 0. The summed E-state index contributed by atoms with van der Waals surface area (Å²) in [6.07, 6.45) is 0. The number of ether oxygens (including phenoxy) is 1. The Labute approximate surface area is 129 Å². The van der Waals surface area contributed by atoms with Crippen LogP contribution in [0.25, 0.3) is 10.6 Å². The van der Waals surface area contributed by atoms with Gasteiger partial charge in [0.25, 0.3) is 0 Å². The van der Waals surface area contributed by atoms with E-state index >= 15 is 0 Å². The van der Waals surface area contributed by atoms with Crippen molar-refractivity contribution in [1.82, 2.24) is 4.98 Å². The molecule has 0 amide bonds. The number of hydrogen-bond acceptors (Lipinski definition) is 5. The molecule has 2 heterocycles. The molecule has 3 rings (SSSR count). The van der Waals surface area contributed by atoms with Crippen LogP contribution in [0.2, 0.25) is 0 Å². The number of aromatic carboxylic acids is 1. The molecule has 0 saturated carbocycles. The maximum Gasteiger partial charge on any atom is 0.335 e. The largest absolute Gasteiger partial charge is 0.487 e. The van der Waals surface area contributed by atoms with Crippen LogP contribution >= 0.6 is 22.7 Å². The minimum absolute atomic E-state index is 0.213. The van der Waals surface area contributed by atoms with Gasteiger partial charge in [-0.2, -0.15) is 11.3 Å². The number of carbonyl (C=O) groups is 1. The molecule has 0 aliphatic heterocycles. The number of nitrogens with zero attached hydrogens (tertiary/aromatic N) is 1. The number of aromatic nitrogens is 1. The molecule has 0 spiro atoms. The highest BCUT2D eigenvalue weighted by atomic mass is 32.1. The van der Waals surface area contributed by atoms with Gasteiger partial charge in [-0.25, -0.2) is 9.78 Å². The van der Waals surface area contributed by atoms with E-state index in [1.165, 1.54) is 12.1 Å². The van der Waals surface area contributed by atoms with Crippen molar-refractivity contribution in [2.24, 2.45) is 0 Å². The number of benzene rings is 1. The van der Waals surface area contributed by atoms with Crippen molar-refractivity contribution >= 4 is 28.6 Å². The molecular formula is C15H11NO3S2. The van der Waals surface area contributed by atoms with Crippen LogP contribution < -0.4 is 4.74 Å². The van der Waals surface area contributed by atoms with E-state index in [2.05, 4.69) is 10.4 Å². The smallest absolute Gasteiger partial charge is 0.335 e. The van der Waals surface area contributed by atoms with E-state index in [0.717, 1.165) is 16.3 Å². The highest BCUT2D eigenvalue weighted by molar-refractivity contribution is 7.14. The first kappa shape index (κ1) is 13.8. The highest BCUT2D eigenvalue weighted by Crippen LogP contribution is 2.26. The van der Waals surface area contributed by atoms with Crippen LogP contribution in [0.15, 0.2) is 46.5 Å². The van der Waals surface area contributed by atoms with Crippen molar-refractivity contribution in [3.05, 3.63) is 57.7 Å². The molecular weight excluding hydrogens is 306 g/mol. The van der Waals surface area contributed by atoms with Crippen molar-refractivity contribution in [3.63, 3.8) is 0 Å². The van der Waals surface area contributed by atoms with Gasteiger partial charge in [0.1, 0.15) is 17.4 Å². The number of hydrogen-bond donors (Lipinski definition) is 1. The number of rotatable bonds is 5. The molecule has 0 radical (unpaired) electrons. The summed E-state index contributed by atoms with van der Waals surface area (Å²) in [5.41, 5.74) is 2.16. The first-order valence-corrected chi connectivity index (χ1v) is 7.98. The topological polar surface area (TPSA) is 59.4 Å². The van der Waals surface area contributed by atoms with Gasteiger partial charge in [0.05, 0.1) is 11.3 Å². The molecule has 106 valence electrons. The normalized spacial score (nSPS) is 10.5. The lowest BCUT2D eigenvalue weighted by molar-refractivity contribution is 0.0696. The van der Waals surface area contributed by atoms with Crippen LogP contribution in [0.3, 0.4) is 0 Å². The summed E-state index contributed by atoms with van der Waals surface area (Å²) >= 11 is 3.21. The van der Waals surface area contributed by atoms with E-state index in [4.69, 9.17) is 9.84 Å². The van der Waals surface area contributed by atoms with E-state index in [1.807, 2.05) is 16.8 Å². The zero-order chi connectivity index (χ0) is 14.7. The summed E-state index contributed by atoms with van der Waals surface area (Å²) in [6, 6.07) is 8.47. The van der Waals surface area contributed by atoms with Crippen LogP contribution in [0, 0.1) is 0 Å². The van der Waals surface area contributed by atoms with Crippen LogP contribution in [0.1, 0.15) is 16.1 Å². The van der Waals surface area contributed by atoms with E-state index in [9.17, 15) is 4.79 Å². The molecule has 21 heavy (non-hydrogen) atoms.